The van der Waals surface area contributed by atoms with Crippen molar-refractivity contribution in [3.05, 3.63) is 69.8 Å². The van der Waals surface area contributed by atoms with Crippen LogP contribution in [0.25, 0.3) is 0 Å². The highest BCUT2D eigenvalue weighted by Crippen LogP contribution is 2.32. The van der Waals surface area contributed by atoms with Crippen LogP contribution in [0.15, 0.2) is 36.4 Å². The van der Waals surface area contributed by atoms with E-state index >= 15 is 0 Å². The molecule has 2 aromatic rings. The van der Waals surface area contributed by atoms with Gasteiger partial charge in [0.1, 0.15) is 18.3 Å². The van der Waals surface area contributed by atoms with Crippen molar-refractivity contribution in [3.63, 3.8) is 0 Å². The number of carbonyl (C=O) groups excluding carboxylic acids is 5. The van der Waals surface area contributed by atoms with Gasteiger partial charge in [-0.1, -0.05) is 24.3 Å². The number of aliphatic hydroxyl groups excluding tert-OH is 1. The molecule has 0 aliphatic carbocycles. The lowest BCUT2D eigenvalue weighted by Crippen LogP contribution is -2.54. The minimum absolute atomic E-state index is 0.138. The summed E-state index contributed by atoms with van der Waals surface area (Å²) in [6.07, 6.45) is 3.66. The maximum absolute atomic E-state index is 13.0. The zero-order valence-corrected chi connectivity index (χ0v) is 25.8. The fraction of sp³-hybridized carbons (Fsp3) is 0.500. The largest absolute Gasteiger partial charge is 0.379 e. The fourth-order valence-corrected chi connectivity index (χ4v) is 6.92. The Morgan fingerprint density at radius 2 is 1.24 bits per heavy atom. The Balaban J connectivity index is 0.880. The number of fused-ring (bicyclic) bond motifs is 2. The van der Waals surface area contributed by atoms with Gasteiger partial charge >= 0.3 is 0 Å². The van der Waals surface area contributed by atoms with E-state index in [1.807, 2.05) is 30.3 Å². The van der Waals surface area contributed by atoms with Gasteiger partial charge in [-0.15, -0.1) is 0 Å². The van der Waals surface area contributed by atoms with Crippen LogP contribution in [0.3, 0.4) is 0 Å². The average molecular weight is 633 g/mol. The topological polar surface area (TPSA) is 155 Å². The third-order valence-corrected chi connectivity index (χ3v) is 9.31. The highest BCUT2D eigenvalue weighted by Gasteiger charge is 2.41. The Morgan fingerprint density at radius 3 is 1.76 bits per heavy atom. The Bertz CT molecular complexity index is 1530. The van der Waals surface area contributed by atoms with Gasteiger partial charge in [0.05, 0.1) is 13.2 Å². The Morgan fingerprint density at radius 1 is 0.696 bits per heavy atom. The quantitative estimate of drug-likeness (QED) is 0.222. The predicted molar refractivity (Wildman–Crippen MR) is 164 cm³/mol. The number of amides is 5. The number of hydrogen-bond donors (Lipinski definition) is 3. The molecule has 46 heavy (non-hydrogen) atoms. The fourth-order valence-electron chi connectivity index (χ4n) is 6.92. The normalized spacial score (nSPS) is 22.6. The molecular weight excluding hydrogens is 592 g/mol. The van der Waals surface area contributed by atoms with Gasteiger partial charge in [-0.3, -0.25) is 29.3 Å². The summed E-state index contributed by atoms with van der Waals surface area (Å²) in [6, 6.07) is 10.2. The van der Waals surface area contributed by atoms with Crippen molar-refractivity contribution in [2.24, 2.45) is 0 Å². The van der Waals surface area contributed by atoms with E-state index in [4.69, 9.17) is 9.47 Å². The minimum atomic E-state index is -0.852. The zero-order chi connectivity index (χ0) is 32.2. The summed E-state index contributed by atoms with van der Waals surface area (Å²) in [4.78, 5) is 65.5. The van der Waals surface area contributed by atoms with Crippen molar-refractivity contribution < 1.29 is 38.6 Å². The van der Waals surface area contributed by atoms with E-state index < -0.39 is 24.2 Å². The van der Waals surface area contributed by atoms with Crippen LogP contribution in [-0.2, 0) is 49.8 Å². The first-order valence-corrected chi connectivity index (χ1v) is 16.1. The van der Waals surface area contributed by atoms with E-state index in [9.17, 15) is 29.1 Å². The Kier molecular flexibility index (Phi) is 9.76. The number of aryl methyl sites for hydroxylation is 2. The minimum Gasteiger partial charge on any atom is -0.379 e. The molecule has 4 aliphatic rings. The molecule has 0 spiro atoms. The first-order valence-electron chi connectivity index (χ1n) is 16.1. The first kappa shape index (κ1) is 31.8. The highest BCUT2D eigenvalue weighted by atomic mass is 16.5. The molecule has 244 valence electrons. The van der Waals surface area contributed by atoms with Crippen LogP contribution in [0.1, 0.15) is 81.5 Å². The molecule has 12 heteroatoms. The maximum atomic E-state index is 13.0. The van der Waals surface area contributed by atoms with Crippen molar-refractivity contribution in [3.8, 4) is 0 Å². The predicted octanol–water partition coefficient (Wildman–Crippen LogP) is 1.60. The number of rotatable bonds is 13. The van der Waals surface area contributed by atoms with Crippen LogP contribution >= 0.6 is 0 Å². The van der Waals surface area contributed by atoms with Gasteiger partial charge in [0.25, 0.3) is 11.8 Å². The van der Waals surface area contributed by atoms with Gasteiger partial charge in [0.2, 0.25) is 17.7 Å². The number of piperidine rings is 2. The second-order valence-corrected chi connectivity index (χ2v) is 12.3. The molecule has 2 aromatic carbocycles. The standard InChI is InChI=1S/C34H40N4O8/c39-29-13-11-27(31(41)35-29)37-19-25-21(5-1-9-23(25)33(37)43)7-3-15-45-17-18-46-16-4-8-22-6-2-10-24-26(22)20-38(34(24)44)28-12-14-30(40)36-32(28)42/h1-2,5-6,9-10,27-29,39H,3-4,7-8,11-20H2,(H,35,41)(H,36,40,42)/t27-,28-,29?/m0/s1. The first-order chi connectivity index (χ1) is 22.3. The second kappa shape index (κ2) is 14.1. The van der Waals surface area contributed by atoms with E-state index in [1.165, 1.54) is 0 Å². The van der Waals surface area contributed by atoms with E-state index in [1.54, 1.807) is 15.9 Å². The third-order valence-electron chi connectivity index (χ3n) is 9.31. The van der Waals surface area contributed by atoms with Gasteiger partial charge in [-0.2, -0.15) is 0 Å². The van der Waals surface area contributed by atoms with Crippen molar-refractivity contribution >= 4 is 29.5 Å². The highest BCUT2D eigenvalue weighted by molar-refractivity contribution is 6.05. The molecule has 4 heterocycles. The van der Waals surface area contributed by atoms with Crippen molar-refractivity contribution in [2.75, 3.05) is 26.4 Å². The van der Waals surface area contributed by atoms with E-state index in [0.29, 0.717) is 69.9 Å². The molecule has 4 aliphatic heterocycles. The van der Waals surface area contributed by atoms with Crippen LogP contribution in [0.4, 0.5) is 0 Å². The molecule has 0 radical (unpaired) electrons. The molecule has 5 amide bonds. The Labute approximate surface area is 267 Å². The zero-order valence-electron chi connectivity index (χ0n) is 25.8. The maximum Gasteiger partial charge on any atom is 0.255 e. The molecule has 3 atom stereocenters. The number of aliphatic hydroxyl groups is 1. The lowest BCUT2D eigenvalue weighted by Gasteiger charge is -2.32. The summed E-state index contributed by atoms with van der Waals surface area (Å²) in [5, 5.41) is 14.6. The molecule has 1 unspecified atom stereocenters. The van der Waals surface area contributed by atoms with E-state index in [-0.39, 0.29) is 30.0 Å². The van der Waals surface area contributed by atoms with Crippen LogP contribution in [-0.4, -0.2) is 89.2 Å². The molecule has 0 saturated carbocycles. The average Bonchev–Trinajstić information content (AvgIpc) is 3.55. The van der Waals surface area contributed by atoms with Gasteiger partial charge in [0, 0.05) is 43.9 Å². The molecular formula is C34H40N4O8. The third kappa shape index (κ3) is 6.69. The molecule has 0 bridgehead atoms. The van der Waals surface area contributed by atoms with Gasteiger partial charge in [0.15, 0.2) is 0 Å². The van der Waals surface area contributed by atoms with Gasteiger partial charge in [-0.25, -0.2) is 0 Å². The van der Waals surface area contributed by atoms with Crippen LogP contribution in [0, 0.1) is 0 Å². The summed E-state index contributed by atoms with van der Waals surface area (Å²) in [6.45, 7) is 2.81. The molecule has 2 saturated heterocycles. The number of nitrogens with one attached hydrogen (secondary N) is 2. The number of ether oxygens (including phenoxy) is 2. The number of carbonyl (C=O) groups is 5. The van der Waals surface area contributed by atoms with Crippen molar-refractivity contribution in [1.82, 2.24) is 20.4 Å². The van der Waals surface area contributed by atoms with Gasteiger partial charge in [-0.05, 0) is 79.3 Å². The van der Waals surface area contributed by atoms with Crippen LogP contribution in [0.2, 0.25) is 0 Å². The lowest BCUT2D eigenvalue weighted by molar-refractivity contribution is -0.137. The van der Waals surface area contributed by atoms with Gasteiger partial charge < -0.3 is 29.7 Å². The van der Waals surface area contributed by atoms with E-state index in [0.717, 1.165) is 47.9 Å². The molecule has 2 fully saturated rings. The summed E-state index contributed by atoms with van der Waals surface area (Å²) < 4.78 is 11.6. The van der Waals surface area contributed by atoms with Crippen molar-refractivity contribution in [1.29, 1.82) is 0 Å². The summed E-state index contributed by atoms with van der Waals surface area (Å²) in [5.41, 5.74) is 5.33. The number of imide groups is 1. The SMILES string of the molecule is O=C1CC[C@H](N2Cc3c(CCCOCCOCCCc4cccc5c4CN([C@H]4CCC(O)NC4=O)C5=O)cccc3C2=O)C(=O)N1. The monoisotopic (exact) mass is 632 g/mol. The number of benzene rings is 2. The molecule has 0 aromatic heterocycles. The molecule has 3 N–H and O–H groups in total. The summed E-state index contributed by atoms with van der Waals surface area (Å²) in [7, 11) is 0. The molecule has 12 nitrogen and oxygen atoms in total. The van der Waals surface area contributed by atoms with Crippen LogP contribution in [0.5, 0.6) is 0 Å². The molecule has 6 rings (SSSR count). The second-order valence-electron chi connectivity index (χ2n) is 12.3. The number of nitrogens with zero attached hydrogens (tertiary/aromatic N) is 2. The lowest BCUT2D eigenvalue weighted by atomic mass is 10.00. The van der Waals surface area contributed by atoms with E-state index in [2.05, 4.69) is 10.6 Å². The van der Waals surface area contributed by atoms with Crippen molar-refractivity contribution in [2.45, 2.75) is 82.8 Å². The summed E-state index contributed by atoms with van der Waals surface area (Å²) >= 11 is 0. The smallest absolute Gasteiger partial charge is 0.255 e. The van der Waals surface area contributed by atoms with Crippen LogP contribution < -0.4 is 10.6 Å². The summed E-state index contributed by atoms with van der Waals surface area (Å²) in [5.74, 6) is -1.32. The number of hydrogen-bond acceptors (Lipinski definition) is 8. The Hall–Kier alpha value is -4.13.